The summed E-state index contributed by atoms with van der Waals surface area (Å²) in [6.45, 7) is 8.22. The molecule has 0 spiro atoms. The van der Waals surface area contributed by atoms with E-state index in [2.05, 4.69) is 42.2 Å². The maximum absolute atomic E-state index is 12.3. The third kappa shape index (κ3) is 5.44. The Kier molecular flexibility index (Phi) is 7.79. The van der Waals surface area contributed by atoms with Gasteiger partial charge in [-0.3, -0.25) is 4.90 Å². The maximum Gasteiger partial charge on any atom is 0.345 e. The first-order valence-electron chi connectivity index (χ1n) is 12.8. The Balaban J connectivity index is 1.34. The zero-order valence-corrected chi connectivity index (χ0v) is 20.2. The Bertz CT molecular complexity index is 759. The average Bonchev–Trinajstić information content (AvgIpc) is 3.09. The lowest BCUT2D eigenvalue weighted by atomic mass is 9.61. The Morgan fingerprint density at radius 3 is 2.55 bits per heavy atom. The second-order valence-electron chi connectivity index (χ2n) is 11.2. The van der Waals surface area contributed by atoms with Crippen LogP contribution < -0.4 is 0 Å². The van der Waals surface area contributed by atoms with Crippen LogP contribution in [0.4, 0.5) is 8.78 Å². The van der Waals surface area contributed by atoms with Crippen LogP contribution in [0.2, 0.25) is 0 Å². The molecule has 0 aromatic rings. The molecule has 4 aliphatic rings. The third-order valence-corrected chi connectivity index (χ3v) is 9.14. The maximum atomic E-state index is 12.3. The molecule has 0 amide bonds. The van der Waals surface area contributed by atoms with E-state index in [9.17, 15) is 19.0 Å². The molecule has 0 aromatic carbocycles. The summed E-state index contributed by atoms with van der Waals surface area (Å²) in [6.07, 6.45) is 11.2. The molecule has 4 rings (SSSR count). The second kappa shape index (κ2) is 10.3. The summed E-state index contributed by atoms with van der Waals surface area (Å²) >= 11 is 0. The molecule has 6 atom stereocenters. The van der Waals surface area contributed by atoms with Crippen molar-refractivity contribution in [2.75, 3.05) is 19.6 Å². The lowest BCUT2D eigenvalue weighted by Crippen LogP contribution is -2.53. The normalized spacial score (nSPS) is 38.0. The highest BCUT2D eigenvalue weighted by Gasteiger charge is 2.50. The van der Waals surface area contributed by atoms with Crippen LogP contribution in [-0.2, 0) is 4.74 Å². The first-order chi connectivity index (χ1) is 15.7. The van der Waals surface area contributed by atoms with Crippen molar-refractivity contribution in [3.05, 3.63) is 35.5 Å². The van der Waals surface area contributed by atoms with Gasteiger partial charge in [0.25, 0.3) is 0 Å². The zero-order valence-electron chi connectivity index (χ0n) is 20.2. The standard InChI is InChI=1S/C27H41F2NO3/c1-17(10-12-30-15-21(16-30)33-26(28)29)22-8-9-23-20(5-4-11-27(22,23)3)7-6-19-13-24(31)18(2)25(32)14-19/h6-7,17,21-26,31-32H,2,4-5,8-16H2,1,3H3/t17?,22-,23+,24-,25-,27-/m1/s1. The van der Waals surface area contributed by atoms with Crippen LogP contribution in [0.3, 0.4) is 0 Å². The van der Waals surface area contributed by atoms with Gasteiger partial charge >= 0.3 is 6.61 Å². The monoisotopic (exact) mass is 465 g/mol. The quantitative estimate of drug-likeness (QED) is 0.515. The summed E-state index contributed by atoms with van der Waals surface area (Å²) in [4.78, 5) is 2.23. The van der Waals surface area contributed by atoms with Crippen LogP contribution in [-0.4, -0.2) is 59.7 Å². The average molecular weight is 466 g/mol. The number of hydrogen-bond acceptors (Lipinski definition) is 4. The van der Waals surface area contributed by atoms with E-state index in [4.69, 9.17) is 0 Å². The minimum atomic E-state index is -2.66. The SMILES string of the molecule is C=C1[C@H](O)CC(=CC=C2CCC[C@]3(C)[C@@H](C(C)CCN4CC(OC(F)F)C4)CC[C@@H]23)C[C@H]1O. The fourth-order valence-electron chi connectivity index (χ4n) is 7.16. The van der Waals surface area contributed by atoms with Gasteiger partial charge in [0.05, 0.1) is 18.3 Å². The molecule has 6 heteroatoms. The van der Waals surface area contributed by atoms with E-state index in [1.165, 1.54) is 31.3 Å². The predicted octanol–water partition coefficient (Wildman–Crippen LogP) is 5.08. The number of likely N-dealkylation sites (tertiary alicyclic amines) is 1. The van der Waals surface area contributed by atoms with Gasteiger partial charge in [-0.2, -0.15) is 8.78 Å². The summed E-state index contributed by atoms with van der Waals surface area (Å²) in [5, 5.41) is 20.3. The van der Waals surface area contributed by atoms with Crippen molar-refractivity contribution in [3.63, 3.8) is 0 Å². The lowest BCUT2D eigenvalue weighted by Gasteiger charge is -2.45. The first kappa shape index (κ1) is 25.0. The highest BCUT2D eigenvalue weighted by atomic mass is 19.3. The van der Waals surface area contributed by atoms with Crippen LogP contribution in [0.5, 0.6) is 0 Å². The molecule has 1 saturated heterocycles. The van der Waals surface area contributed by atoms with Gasteiger partial charge in [0.1, 0.15) is 0 Å². The summed E-state index contributed by atoms with van der Waals surface area (Å²) in [6, 6.07) is 0. The predicted molar refractivity (Wildman–Crippen MR) is 126 cm³/mol. The summed E-state index contributed by atoms with van der Waals surface area (Å²) < 4.78 is 29.2. The molecule has 3 aliphatic carbocycles. The molecule has 1 heterocycles. The number of aliphatic hydroxyl groups excluding tert-OH is 2. The molecule has 1 aliphatic heterocycles. The molecule has 3 saturated carbocycles. The van der Waals surface area contributed by atoms with E-state index in [1.807, 2.05) is 0 Å². The van der Waals surface area contributed by atoms with Crippen LogP contribution >= 0.6 is 0 Å². The first-order valence-corrected chi connectivity index (χ1v) is 12.8. The lowest BCUT2D eigenvalue weighted by molar-refractivity contribution is -0.196. The smallest absolute Gasteiger partial charge is 0.345 e. The Morgan fingerprint density at radius 1 is 1.18 bits per heavy atom. The highest BCUT2D eigenvalue weighted by Crippen LogP contribution is 2.59. The van der Waals surface area contributed by atoms with Gasteiger partial charge in [-0.25, -0.2) is 0 Å². The fraction of sp³-hybridized carbons (Fsp3) is 0.778. The molecular weight excluding hydrogens is 424 g/mol. The topological polar surface area (TPSA) is 52.9 Å². The molecule has 0 aromatic heterocycles. The van der Waals surface area contributed by atoms with Crippen molar-refractivity contribution in [1.29, 1.82) is 0 Å². The number of alkyl halides is 2. The Morgan fingerprint density at radius 2 is 1.88 bits per heavy atom. The van der Waals surface area contributed by atoms with Gasteiger partial charge in [0.15, 0.2) is 0 Å². The van der Waals surface area contributed by atoms with Crippen LogP contribution in [0, 0.1) is 23.2 Å². The number of hydrogen-bond donors (Lipinski definition) is 2. The van der Waals surface area contributed by atoms with Gasteiger partial charge in [-0.1, -0.05) is 43.7 Å². The van der Waals surface area contributed by atoms with E-state index in [0.29, 0.717) is 54.7 Å². The van der Waals surface area contributed by atoms with Crippen molar-refractivity contribution in [2.45, 2.75) is 90.1 Å². The van der Waals surface area contributed by atoms with Gasteiger partial charge < -0.3 is 14.9 Å². The van der Waals surface area contributed by atoms with Gasteiger partial charge in [0, 0.05) is 13.1 Å². The summed E-state index contributed by atoms with van der Waals surface area (Å²) in [7, 11) is 0. The summed E-state index contributed by atoms with van der Waals surface area (Å²) in [5.74, 6) is 1.91. The van der Waals surface area contributed by atoms with Crippen molar-refractivity contribution >= 4 is 0 Å². The van der Waals surface area contributed by atoms with Gasteiger partial charge in [-0.15, -0.1) is 0 Å². The van der Waals surface area contributed by atoms with Crippen LogP contribution in [0.15, 0.2) is 35.5 Å². The van der Waals surface area contributed by atoms with E-state index in [0.717, 1.165) is 25.0 Å². The van der Waals surface area contributed by atoms with Crippen molar-refractivity contribution < 1.29 is 23.7 Å². The number of fused-ring (bicyclic) bond motifs is 1. The number of rotatable bonds is 7. The van der Waals surface area contributed by atoms with Gasteiger partial charge in [-0.05, 0) is 86.7 Å². The molecule has 0 radical (unpaired) electrons. The molecule has 0 bridgehead atoms. The molecule has 186 valence electrons. The molecule has 4 fully saturated rings. The van der Waals surface area contributed by atoms with E-state index < -0.39 is 18.8 Å². The zero-order chi connectivity index (χ0) is 23.8. The van der Waals surface area contributed by atoms with E-state index in [-0.39, 0.29) is 6.10 Å². The minimum Gasteiger partial charge on any atom is -0.388 e. The Hall–Kier alpha value is -1.08. The molecule has 1 unspecified atom stereocenters. The van der Waals surface area contributed by atoms with Crippen LogP contribution in [0.1, 0.15) is 65.2 Å². The highest BCUT2D eigenvalue weighted by molar-refractivity contribution is 5.29. The molecule has 2 N–H and O–H groups in total. The molecule has 33 heavy (non-hydrogen) atoms. The number of nitrogens with zero attached hydrogens (tertiary/aromatic N) is 1. The van der Waals surface area contributed by atoms with E-state index in [1.54, 1.807) is 0 Å². The van der Waals surface area contributed by atoms with Crippen molar-refractivity contribution in [1.82, 2.24) is 4.90 Å². The van der Waals surface area contributed by atoms with E-state index >= 15 is 0 Å². The molecular formula is C27H41F2NO3. The largest absolute Gasteiger partial charge is 0.388 e. The number of allylic oxidation sites excluding steroid dienone is 3. The van der Waals surface area contributed by atoms with Gasteiger partial charge in [0.2, 0.25) is 0 Å². The van der Waals surface area contributed by atoms with Crippen molar-refractivity contribution in [3.8, 4) is 0 Å². The Labute approximate surface area is 197 Å². The van der Waals surface area contributed by atoms with Crippen LogP contribution in [0.25, 0.3) is 0 Å². The third-order valence-electron chi connectivity index (χ3n) is 9.14. The molecule has 4 nitrogen and oxygen atoms in total. The fourth-order valence-corrected chi connectivity index (χ4v) is 7.16. The number of aliphatic hydroxyl groups is 2. The minimum absolute atomic E-state index is 0.307. The summed E-state index contributed by atoms with van der Waals surface area (Å²) in [5.41, 5.74) is 3.49. The second-order valence-corrected chi connectivity index (χ2v) is 11.2. The van der Waals surface area contributed by atoms with Crippen molar-refractivity contribution in [2.24, 2.45) is 23.2 Å². The number of halogens is 2. The number of ether oxygens (including phenoxy) is 1.